The number of nitrogens with one attached hydrogen (secondary N) is 1. The Morgan fingerprint density at radius 2 is 1.75 bits per heavy atom. The van der Waals surface area contributed by atoms with Gasteiger partial charge in [-0.2, -0.15) is 0 Å². The molecule has 1 amide bonds. The van der Waals surface area contributed by atoms with E-state index < -0.39 is 12.4 Å². The summed E-state index contributed by atoms with van der Waals surface area (Å²) in [6.07, 6.45) is -1.49. The molecule has 0 bridgehead atoms. The van der Waals surface area contributed by atoms with E-state index >= 15 is 0 Å². The van der Waals surface area contributed by atoms with Crippen LogP contribution in [0.5, 0.6) is 0 Å². The van der Waals surface area contributed by atoms with E-state index in [0.717, 1.165) is 5.56 Å². The number of amides is 1. The molecule has 1 aromatic carbocycles. The first-order valence-corrected chi connectivity index (χ1v) is 11.5. The Hall–Kier alpha value is -3.90. The van der Waals surface area contributed by atoms with Gasteiger partial charge in [0.2, 0.25) is 5.82 Å². The lowest BCUT2D eigenvalue weighted by Crippen LogP contribution is -2.31. The molecule has 0 aliphatic heterocycles. The highest BCUT2D eigenvalue weighted by atomic mass is 16.7. The third kappa shape index (κ3) is 8.40. The number of tetrazole rings is 1. The van der Waals surface area contributed by atoms with Crippen molar-refractivity contribution in [3.05, 3.63) is 65.6 Å². The van der Waals surface area contributed by atoms with Crippen molar-refractivity contribution in [2.75, 3.05) is 11.9 Å². The maximum absolute atomic E-state index is 12.3. The molecule has 0 aliphatic carbocycles. The number of hydrogen-bond donors (Lipinski definition) is 1. The van der Waals surface area contributed by atoms with Crippen molar-refractivity contribution in [3.8, 4) is 0 Å². The smallest absolute Gasteiger partial charge is 0.412 e. The van der Waals surface area contributed by atoms with Crippen molar-refractivity contribution >= 4 is 17.6 Å². The zero-order valence-corrected chi connectivity index (χ0v) is 21.0. The van der Waals surface area contributed by atoms with Crippen molar-refractivity contribution in [2.45, 2.75) is 52.8 Å². The number of aromatic nitrogens is 5. The van der Waals surface area contributed by atoms with Crippen LogP contribution in [0, 0.1) is 0 Å². The third-order valence-corrected chi connectivity index (χ3v) is 4.48. The van der Waals surface area contributed by atoms with Crippen LogP contribution in [0.3, 0.4) is 0 Å². The maximum atomic E-state index is 12.3. The Balaban J connectivity index is 1.60. The summed E-state index contributed by atoms with van der Waals surface area (Å²) >= 11 is 0. The fourth-order valence-electron chi connectivity index (χ4n) is 3.04. The number of hydrogen-bond acceptors (Lipinski definition) is 10. The molecular weight excluding hydrogens is 466 g/mol. The van der Waals surface area contributed by atoms with Gasteiger partial charge in [0.25, 0.3) is 0 Å². The topological polar surface area (TPSA) is 135 Å². The van der Waals surface area contributed by atoms with Gasteiger partial charge in [-0.15, -0.1) is 5.10 Å². The van der Waals surface area contributed by atoms with Gasteiger partial charge < -0.3 is 19.0 Å². The molecule has 12 heteroatoms. The monoisotopic (exact) mass is 497 g/mol. The van der Waals surface area contributed by atoms with Crippen LogP contribution in [0.25, 0.3) is 0 Å². The number of pyridine rings is 1. The van der Waals surface area contributed by atoms with E-state index in [-0.39, 0.29) is 25.4 Å². The lowest BCUT2D eigenvalue weighted by molar-refractivity contribution is -0.196. The third-order valence-electron chi connectivity index (χ3n) is 4.48. The molecule has 12 nitrogen and oxygen atoms in total. The van der Waals surface area contributed by atoms with E-state index in [2.05, 4.69) is 31.0 Å². The lowest BCUT2D eigenvalue weighted by atomic mass is 10.1. The zero-order valence-electron chi connectivity index (χ0n) is 21.0. The maximum Gasteiger partial charge on any atom is 0.412 e. The molecule has 0 fully saturated rings. The summed E-state index contributed by atoms with van der Waals surface area (Å²) in [6, 6.07) is 14.6. The minimum Gasteiger partial charge on any atom is -0.444 e. The SMILES string of the molecule is CC(C)OC(COC(=O)Nc1cccc(CO/N=C(/c2ccccc2)c2nnnn2C)n1)OC(C)C. The van der Waals surface area contributed by atoms with Crippen molar-refractivity contribution in [1.82, 2.24) is 25.2 Å². The Bertz CT molecular complexity index is 1120. The molecule has 2 heterocycles. The predicted octanol–water partition coefficient (Wildman–Crippen LogP) is 3.30. The number of carbonyl (C=O) groups is 1. The second-order valence-corrected chi connectivity index (χ2v) is 8.24. The molecule has 0 radical (unpaired) electrons. The number of aryl methyl sites for hydroxylation is 1. The van der Waals surface area contributed by atoms with E-state index in [1.807, 2.05) is 58.0 Å². The first kappa shape index (κ1) is 26.7. The summed E-state index contributed by atoms with van der Waals surface area (Å²) in [6.45, 7) is 7.52. The van der Waals surface area contributed by atoms with Gasteiger partial charge in [0.05, 0.1) is 17.9 Å². The van der Waals surface area contributed by atoms with E-state index in [0.29, 0.717) is 23.0 Å². The quantitative estimate of drug-likeness (QED) is 0.227. The molecular formula is C24H31N7O5. The van der Waals surface area contributed by atoms with E-state index in [9.17, 15) is 4.79 Å². The molecule has 192 valence electrons. The lowest BCUT2D eigenvalue weighted by Gasteiger charge is -2.22. The van der Waals surface area contributed by atoms with Gasteiger partial charge >= 0.3 is 6.09 Å². The Kier molecular flexibility index (Phi) is 9.83. The van der Waals surface area contributed by atoms with Crippen molar-refractivity contribution in [3.63, 3.8) is 0 Å². The predicted molar refractivity (Wildman–Crippen MR) is 131 cm³/mol. The first-order valence-electron chi connectivity index (χ1n) is 11.5. The van der Waals surface area contributed by atoms with Crippen LogP contribution in [-0.4, -0.2) is 62.1 Å². The standard InChI is InChI=1S/C24H31N7O5/c1-16(2)35-21(36-17(3)4)15-33-24(32)26-20-13-9-12-19(25-20)14-34-28-22(18-10-7-6-8-11-18)23-27-29-30-31(23)5/h6-13,16-17,21H,14-15H2,1-5H3,(H,25,26,32)/b28-22-. The summed E-state index contributed by atoms with van der Waals surface area (Å²) in [7, 11) is 1.72. The minimum atomic E-state index is -0.676. The van der Waals surface area contributed by atoms with Gasteiger partial charge in [-0.05, 0) is 50.3 Å². The van der Waals surface area contributed by atoms with Crippen LogP contribution < -0.4 is 5.32 Å². The van der Waals surface area contributed by atoms with Gasteiger partial charge in [0, 0.05) is 12.6 Å². The summed E-state index contributed by atoms with van der Waals surface area (Å²) in [5.74, 6) is 0.755. The number of ether oxygens (including phenoxy) is 3. The fourth-order valence-corrected chi connectivity index (χ4v) is 3.04. The average Bonchev–Trinajstić information content (AvgIpc) is 3.26. The van der Waals surface area contributed by atoms with Crippen molar-refractivity contribution < 1.29 is 23.8 Å². The van der Waals surface area contributed by atoms with Gasteiger partial charge in [-0.25, -0.2) is 14.5 Å². The van der Waals surface area contributed by atoms with Gasteiger partial charge in [0.1, 0.15) is 12.4 Å². The summed E-state index contributed by atoms with van der Waals surface area (Å²) in [5.41, 5.74) is 1.81. The van der Waals surface area contributed by atoms with Crippen LogP contribution in [0.4, 0.5) is 10.6 Å². The van der Waals surface area contributed by atoms with Crippen LogP contribution in [0.2, 0.25) is 0 Å². The highest BCUT2D eigenvalue weighted by Crippen LogP contribution is 2.11. The van der Waals surface area contributed by atoms with E-state index in [1.165, 1.54) is 4.68 Å². The number of benzene rings is 1. The number of oxime groups is 1. The van der Waals surface area contributed by atoms with Gasteiger partial charge in [-0.1, -0.05) is 41.6 Å². The first-order chi connectivity index (χ1) is 17.3. The molecule has 0 aliphatic rings. The molecule has 2 aromatic heterocycles. The largest absolute Gasteiger partial charge is 0.444 e. The number of carbonyl (C=O) groups excluding carboxylic acids is 1. The van der Waals surface area contributed by atoms with E-state index in [4.69, 9.17) is 19.0 Å². The molecule has 1 N–H and O–H groups in total. The van der Waals surface area contributed by atoms with Crippen molar-refractivity contribution in [1.29, 1.82) is 0 Å². The highest BCUT2D eigenvalue weighted by Gasteiger charge is 2.17. The summed E-state index contributed by atoms with van der Waals surface area (Å²) in [4.78, 5) is 22.2. The zero-order chi connectivity index (χ0) is 25.9. The van der Waals surface area contributed by atoms with E-state index in [1.54, 1.807) is 25.2 Å². The van der Waals surface area contributed by atoms with Crippen LogP contribution in [-0.2, 0) is 32.7 Å². The molecule has 36 heavy (non-hydrogen) atoms. The highest BCUT2D eigenvalue weighted by molar-refractivity contribution is 6.10. The second kappa shape index (κ2) is 13.3. The summed E-state index contributed by atoms with van der Waals surface area (Å²) < 4.78 is 18.0. The Labute approximate surface area is 209 Å². The molecule has 0 atom stereocenters. The Morgan fingerprint density at radius 3 is 2.39 bits per heavy atom. The Morgan fingerprint density at radius 1 is 1.03 bits per heavy atom. The molecule has 3 aromatic rings. The minimum absolute atomic E-state index is 0.0543. The molecule has 0 saturated carbocycles. The normalized spacial score (nSPS) is 11.8. The fraction of sp³-hybridized carbons (Fsp3) is 0.417. The molecule has 0 saturated heterocycles. The average molecular weight is 498 g/mol. The summed E-state index contributed by atoms with van der Waals surface area (Å²) in [5, 5.41) is 18.4. The number of anilines is 1. The van der Waals surface area contributed by atoms with Crippen LogP contribution in [0.1, 0.15) is 44.8 Å². The number of rotatable bonds is 12. The van der Waals surface area contributed by atoms with Crippen molar-refractivity contribution in [2.24, 2.45) is 12.2 Å². The molecule has 0 spiro atoms. The molecule has 3 rings (SSSR count). The molecule has 0 unspecified atom stereocenters. The van der Waals surface area contributed by atoms with Gasteiger partial charge in [-0.3, -0.25) is 5.32 Å². The van der Waals surface area contributed by atoms with Crippen LogP contribution in [0.15, 0.2) is 53.7 Å². The number of nitrogens with zero attached hydrogens (tertiary/aromatic N) is 6. The second-order valence-electron chi connectivity index (χ2n) is 8.24. The van der Waals surface area contributed by atoms with Gasteiger partial charge in [0.15, 0.2) is 18.6 Å². The van der Waals surface area contributed by atoms with Crippen LogP contribution >= 0.6 is 0 Å².